The third-order valence-corrected chi connectivity index (χ3v) is 4.94. The van der Waals surface area contributed by atoms with Gasteiger partial charge in [0.15, 0.2) is 0 Å². The van der Waals surface area contributed by atoms with E-state index in [1.54, 1.807) is 4.90 Å². The Morgan fingerprint density at radius 1 is 1.27 bits per heavy atom. The molecule has 7 heteroatoms. The number of carbonyl (C=O) groups is 1. The first-order valence-electron chi connectivity index (χ1n) is 8.81. The second-order valence-electron chi connectivity index (χ2n) is 6.57. The van der Waals surface area contributed by atoms with Crippen molar-refractivity contribution >= 4 is 17.4 Å². The first-order valence-corrected chi connectivity index (χ1v) is 8.81. The molecule has 26 heavy (non-hydrogen) atoms. The molecule has 1 aliphatic rings. The molecule has 0 aliphatic carbocycles. The van der Waals surface area contributed by atoms with Gasteiger partial charge in [-0.2, -0.15) is 0 Å². The fourth-order valence-corrected chi connectivity index (χ4v) is 3.21. The molecule has 7 nitrogen and oxygen atoms in total. The number of ether oxygens (including phenoxy) is 1. The predicted octanol–water partition coefficient (Wildman–Crippen LogP) is 2.49. The Morgan fingerprint density at radius 2 is 1.92 bits per heavy atom. The molecular formula is C19H24N4O3. The maximum Gasteiger partial charge on any atom is 0.267 e. The molecule has 0 radical (unpaired) electrons. The SMILES string of the molecule is CCC(O)(CC)c1ccc(N2C[C@@H](C)Oc3ncnc(N)c3C2=O)cc1. The Balaban J connectivity index is 1.98. The molecule has 2 heterocycles. The van der Waals surface area contributed by atoms with Crippen LogP contribution in [-0.2, 0) is 5.60 Å². The molecule has 1 aromatic carbocycles. The average molecular weight is 356 g/mol. The summed E-state index contributed by atoms with van der Waals surface area (Å²) in [5.74, 6) is 0.0129. The van der Waals surface area contributed by atoms with Crippen molar-refractivity contribution in [2.75, 3.05) is 17.2 Å². The molecule has 0 saturated heterocycles. The average Bonchev–Trinajstić information content (AvgIpc) is 2.78. The zero-order chi connectivity index (χ0) is 18.9. The summed E-state index contributed by atoms with van der Waals surface area (Å²) >= 11 is 0. The fraction of sp³-hybridized carbons (Fsp3) is 0.421. The van der Waals surface area contributed by atoms with Crippen LogP contribution in [0.2, 0.25) is 0 Å². The van der Waals surface area contributed by atoms with Crippen LogP contribution in [0.3, 0.4) is 0 Å². The summed E-state index contributed by atoms with van der Waals surface area (Å²) in [6, 6.07) is 7.39. The number of nitrogens with zero attached hydrogens (tertiary/aromatic N) is 3. The fourth-order valence-electron chi connectivity index (χ4n) is 3.21. The number of carbonyl (C=O) groups excluding carboxylic acids is 1. The standard InChI is InChI=1S/C19H24N4O3/c1-4-19(25,5-2)13-6-8-14(9-7-13)23-10-12(3)26-17-15(18(23)24)16(20)21-11-22-17/h6-9,11-12,25H,4-5,10H2,1-3H3,(H2,20,21,22)/t12-/m1/s1. The van der Waals surface area contributed by atoms with Crippen LogP contribution in [0, 0.1) is 0 Å². The van der Waals surface area contributed by atoms with Crippen LogP contribution in [0.15, 0.2) is 30.6 Å². The number of rotatable bonds is 4. The quantitative estimate of drug-likeness (QED) is 0.873. The summed E-state index contributed by atoms with van der Waals surface area (Å²) in [6.07, 6.45) is 2.28. The van der Waals surface area contributed by atoms with Gasteiger partial charge < -0.3 is 20.5 Å². The van der Waals surface area contributed by atoms with Crippen molar-refractivity contribution in [3.63, 3.8) is 0 Å². The van der Waals surface area contributed by atoms with Crippen molar-refractivity contribution in [1.82, 2.24) is 9.97 Å². The molecule has 138 valence electrons. The lowest BCUT2D eigenvalue weighted by Gasteiger charge is -2.27. The summed E-state index contributed by atoms with van der Waals surface area (Å²) in [5, 5.41) is 10.7. The van der Waals surface area contributed by atoms with Gasteiger partial charge >= 0.3 is 0 Å². The Morgan fingerprint density at radius 3 is 2.54 bits per heavy atom. The van der Waals surface area contributed by atoms with E-state index < -0.39 is 5.60 Å². The van der Waals surface area contributed by atoms with Crippen molar-refractivity contribution < 1.29 is 14.6 Å². The first-order chi connectivity index (χ1) is 12.4. The zero-order valence-electron chi connectivity index (χ0n) is 15.3. The number of hydrogen-bond acceptors (Lipinski definition) is 6. The number of nitrogen functional groups attached to an aromatic ring is 1. The second kappa shape index (κ2) is 6.92. The number of hydrogen-bond donors (Lipinski definition) is 2. The Bertz CT molecular complexity index is 803. The van der Waals surface area contributed by atoms with E-state index in [-0.39, 0.29) is 29.3 Å². The molecule has 3 rings (SSSR count). The van der Waals surface area contributed by atoms with Gasteiger partial charge in [-0.15, -0.1) is 0 Å². The number of nitrogens with two attached hydrogens (primary N) is 1. The molecule has 0 fully saturated rings. The number of benzene rings is 1. The van der Waals surface area contributed by atoms with Crippen molar-refractivity contribution in [3.05, 3.63) is 41.7 Å². The molecule has 0 saturated carbocycles. The third kappa shape index (κ3) is 3.10. The lowest BCUT2D eigenvalue weighted by molar-refractivity contribution is 0.0284. The molecule has 0 unspecified atom stereocenters. The molecule has 0 spiro atoms. The molecule has 0 bridgehead atoms. The Labute approximate surface area is 152 Å². The van der Waals surface area contributed by atoms with Gasteiger partial charge in [0.05, 0.1) is 12.1 Å². The number of fused-ring (bicyclic) bond motifs is 1. The zero-order valence-corrected chi connectivity index (χ0v) is 15.3. The lowest BCUT2D eigenvalue weighted by atomic mass is 9.88. The maximum absolute atomic E-state index is 13.0. The largest absolute Gasteiger partial charge is 0.472 e. The summed E-state index contributed by atoms with van der Waals surface area (Å²) in [4.78, 5) is 22.6. The van der Waals surface area contributed by atoms with E-state index >= 15 is 0 Å². The highest BCUT2D eigenvalue weighted by atomic mass is 16.5. The van der Waals surface area contributed by atoms with Gasteiger partial charge in [0.25, 0.3) is 5.91 Å². The van der Waals surface area contributed by atoms with Gasteiger partial charge in [-0.25, -0.2) is 9.97 Å². The van der Waals surface area contributed by atoms with E-state index in [0.717, 1.165) is 5.56 Å². The van der Waals surface area contributed by atoms with Crippen LogP contribution in [0.5, 0.6) is 5.88 Å². The third-order valence-electron chi connectivity index (χ3n) is 4.94. The van der Waals surface area contributed by atoms with Crippen molar-refractivity contribution in [2.24, 2.45) is 0 Å². The van der Waals surface area contributed by atoms with E-state index in [1.807, 2.05) is 45.0 Å². The monoisotopic (exact) mass is 356 g/mol. The second-order valence-corrected chi connectivity index (χ2v) is 6.57. The molecular weight excluding hydrogens is 332 g/mol. The van der Waals surface area contributed by atoms with Crippen LogP contribution in [0.4, 0.5) is 11.5 Å². The van der Waals surface area contributed by atoms with Gasteiger partial charge in [0.1, 0.15) is 23.8 Å². The van der Waals surface area contributed by atoms with Crippen LogP contribution in [0.1, 0.15) is 49.5 Å². The topological polar surface area (TPSA) is 102 Å². The van der Waals surface area contributed by atoms with E-state index in [2.05, 4.69) is 9.97 Å². The van der Waals surface area contributed by atoms with Crippen molar-refractivity contribution in [2.45, 2.75) is 45.3 Å². The van der Waals surface area contributed by atoms with Gasteiger partial charge in [-0.05, 0) is 37.5 Å². The normalized spacial score (nSPS) is 17.5. The van der Waals surface area contributed by atoms with E-state index in [9.17, 15) is 9.90 Å². The van der Waals surface area contributed by atoms with E-state index in [4.69, 9.17) is 10.5 Å². The smallest absolute Gasteiger partial charge is 0.267 e. The minimum atomic E-state index is -0.859. The molecule has 3 N–H and O–H groups in total. The van der Waals surface area contributed by atoms with Gasteiger partial charge in [0.2, 0.25) is 5.88 Å². The van der Waals surface area contributed by atoms with Crippen LogP contribution in [-0.4, -0.2) is 33.6 Å². The van der Waals surface area contributed by atoms with Crippen LogP contribution in [0.25, 0.3) is 0 Å². The number of aromatic nitrogens is 2. The molecule has 1 aromatic heterocycles. The lowest BCUT2D eigenvalue weighted by Crippen LogP contribution is -2.36. The predicted molar refractivity (Wildman–Crippen MR) is 99.1 cm³/mol. The number of anilines is 2. The molecule has 1 aliphatic heterocycles. The highest BCUT2D eigenvalue weighted by Crippen LogP contribution is 2.32. The summed E-state index contributed by atoms with van der Waals surface area (Å²) in [7, 11) is 0. The summed E-state index contributed by atoms with van der Waals surface area (Å²) in [5.41, 5.74) is 6.76. The minimum absolute atomic E-state index is 0.0991. The molecule has 1 amide bonds. The molecule has 1 atom stereocenters. The van der Waals surface area contributed by atoms with E-state index in [1.165, 1.54) is 6.33 Å². The highest BCUT2D eigenvalue weighted by Gasteiger charge is 2.32. The van der Waals surface area contributed by atoms with Crippen molar-refractivity contribution in [1.29, 1.82) is 0 Å². The van der Waals surface area contributed by atoms with Gasteiger partial charge in [-0.3, -0.25) is 4.79 Å². The van der Waals surface area contributed by atoms with Gasteiger partial charge in [0, 0.05) is 5.69 Å². The Hall–Kier alpha value is -2.67. The maximum atomic E-state index is 13.0. The highest BCUT2D eigenvalue weighted by molar-refractivity contribution is 6.10. The Kier molecular flexibility index (Phi) is 4.82. The number of amides is 1. The summed E-state index contributed by atoms with van der Waals surface area (Å²) in [6.45, 7) is 6.14. The van der Waals surface area contributed by atoms with Crippen LogP contribution < -0.4 is 15.4 Å². The minimum Gasteiger partial charge on any atom is -0.472 e. The first kappa shape index (κ1) is 18.1. The summed E-state index contributed by atoms with van der Waals surface area (Å²) < 4.78 is 5.74. The van der Waals surface area contributed by atoms with Gasteiger partial charge in [-0.1, -0.05) is 26.0 Å². The van der Waals surface area contributed by atoms with Crippen molar-refractivity contribution in [3.8, 4) is 5.88 Å². The van der Waals surface area contributed by atoms with Crippen LogP contribution >= 0.6 is 0 Å². The van der Waals surface area contributed by atoms with E-state index in [0.29, 0.717) is 25.1 Å². The number of aliphatic hydroxyl groups is 1. The molecule has 2 aromatic rings.